The Morgan fingerprint density at radius 2 is 1.87 bits per heavy atom. The molecule has 8 heteroatoms. The van der Waals surface area contributed by atoms with Crippen LogP contribution in [0.5, 0.6) is 0 Å². The first-order valence-corrected chi connectivity index (χ1v) is 7.54. The van der Waals surface area contributed by atoms with Gasteiger partial charge < -0.3 is 0 Å². The van der Waals surface area contributed by atoms with Crippen LogP contribution in [0.4, 0.5) is 14.9 Å². The van der Waals surface area contributed by atoms with Crippen molar-refractivity contribution in [2.75, 3.05) is 11.9 Å². The molecule has 4 nitrogen and oxygen atoms in total. The SMILES string of the molecule is CN(C(=O)N(N)Cc1cc(F)cc(Br)c1)c1ccc(Cl)cc1.Cl. The van der Waals surface area contributed by atoms with Gasteiger partial charge in [0.1, 0.15) is 5.82 Å². The van der Waals surface area contributed by atoms with Gasteiger partial charge in [-0.15, -0.1) is 12.4 Å². The van der Waals surface area contributed by atoms with E-state index in [0.717, 1.165) is 5.01 Å². The first kappa shape index (κ1) is 19.7. The fourth-order valence-corrected chi connectivity index (χ4v) is 2.57. The van der Waals surface area contributed by atoms with Crippen molar-refractivity contribution in [3.63, 3.8) is 0 Å². The molecule has 0 heterocycles. The van der Waals surface area contributed by atoms with Crippen LogP contribution in [0.25, 0.3) is 0 Å². The maximum atomic E-state index is 13.3. The number of rotatable bonds is 3. The third-order valence-corrected chi connectivity index (χ3v) is 3.73. The molecular weight excluding hydrogens is 408 g/mol. The van der Waals surface area contributed by atoms with Crippen molar-refractivity contribution in [1.82, 2.24) is 5.01 Å². The fourth-order valence-electron chi connectivity index (χ4n) is 1.93. The molecule has 2 amide bonds. The van der Waals surface area contributed by atoms with E-state index in [1.807, 2.05) is 0 Å². The highest BCUT2D eigenvalue weighted by molar-refractivity contribution is 9.10. The minimum Gasteiger partial charge on any atom is -0.296 e. The van der Waals surface area contributed by atoms with Crippen molar-refractivity contribution in [2.45, 2.75) is 6.54 Å². The van der Waals surface area contributed by atoms with E-state index in [2.05, 4.69) is 15.9 Å². The van der Waals surface area contributed by atoms with Gasteiger partial charge in [-0.05, 0) is 48.0 Å². The van der Waals surface area contributed by atoms with Crippen LogP contribution < -0.4 is 10.7 Å². The van der Waals surface area contributed by atoms with E-state index in [9.17, 15) is 9.18 Å². The zero-order valence-corrected chi connectivity index (χ0v) is 15.3. The number of anilines is 1. The van der Waals surface area contributed by atoms with E-state index in [1.54, 1.807) is 37.4 Å². The highest BCUT2D eigenvalue weighted by Gasteiger charge is 2.17. The summed E-state index contributed by atoms with van der Waals surface area (Å²) in [5.41, 5.74) is 1.25. The molecule has 0 aliphatic rings. The van der Waals surface area contributed by atoms with E-state index in [0.29, 0.717) is 20.7 Å². The Bertz CT molecular complexity index is 665. The second kappa shape index (κ2) is 8.49. The quantitative estimate of drug-likeness (QED) is 0.446. The van der Waals surface area contributed by atoms with Crippen molar-refractivity contribution in [3.8, 4) is 0 Å². The van der Waals surface area contributed by atoms with E-state index < -0.39 is 11.8 Å². The smallest absolute Gasteiger partial charge is 0.296 e. The molecule has 0 saturated carbocycles. The number of amides is 2. The minimum atomic E-state index is -0.414. The number of hydrazine groups is 1. The highest BCUT2D eigenvalue weighted by Crippen LogP contribution is 2.19. The maximum absolute atomic E-state index is 13.3. The topological polar surface area (TPSA) is 49.6 Å². The highest BCUT2D eigenvalue weighted by atomic mass is 79.9. The minimum absolute atomic E-state index is 0. The molecule has 0 aliphatic heterocycles. The lowest BCUT2D eigenvalue weighted by atomic mass is 10.2. The lowest BCUT2D eigenvalue weighted by molar-refractivity contribution is 0.204. The molecule has 23 heavy (non-hydrogen) atoms. The number of hydrogen-bond donors (Lipinski definition) is 1. The van der Waals surface area contributed by atoms with Gasteiger partial charge in [-0.25, -0.2) is 15.0 Å². The number of hydrogen-bond acceptors (Lipinski definition) is 2. The third-order valence-electron chi connectivity index (χ3n) is 3.02. The van der Waals surface area contributed by atoms with Gasteiger partial charge in [0, 0.05) is 22.2 Å². The molecule has 2 aromatic carbocycles. The van der Waals surface area contributed by atoms with E-state index >= 15 is 0 Å². The van der Waals surface area contributed by atoms with Gasteiger partial charge in [0.05, 0.1) is 6.54 Å². The molecule has 0 spiro atoms. The van der Waals surface area contributed by atoms with Crippen LogP contribution in [0, 0.1) is 5.82 Å². The summed E-state index contributed by atoms with van der Waals surface area (Å²) in [5.74, 6) is 5.40. The van der Waals surface area contributed by atoms with Crippen LogP contribution in [0.1, 0.15) is 5.56 Å². The molecule has 2 aromatic rings. The number of halogens is 4. The van der Waals surface area contributed by atoms with Gasteiger partial charge in [0.2, 0.25) is 0 Å². The summed E-state index contributed by atoms with van der Waals surface area (Å²) < 4.78 is 13.9. The molecule has 0 radical (unpaired) electrons. The summed E-state index contributed by atoms with van der Waals surface area (Å²) in [6.45, 7) is 0.0904. The second-order valence-corrected chi connectivity index (χ2v) is 6.08. The van der Waals surface area contributed by atoms with Crippen molar-refractivity contribution >= 4 is 51.7 Å². The monoisotopic (exact) mass is 421 g/mol. The molecule has 0 bridgehead atoms. The average Bonchev–Trinajstić information content (AvgIpc) is 2.45. The Balaban J connectivity index is 0.00000264. The number of carbonyl (C=O) groups excluding carboxylic acids is 1. The molecule has 2 N–H and O–H groups in total. The van der Waals surface area contributed by atoms with E-state index in [1.165, 1.54) is 17.0 Å². The number of benzene rings is 2. The van der Waals surface area contributed by atoms with E-state index in [-0.39, 0.29) is 19.0 Å². The van der Waals surface area contributed by atoms with Crippen LogP contribution in [-0.2, 0) is 6.54 Å². The predicted molar refractivity (Wildman–Crippen MR) is 96.3 cm³/mol. The fraction of sp³-hybridized carbons (Fsp3) is 0.133. The van der Waals surface area contributed by atoms with Crippen molar-refractivity contribution < 1.29 is 9.18 Å². The summed E-state index contributed by atoms with van der Waals surface area (Å²) >= 11 is 9.02. The Hall–Kier alpha value is -1.34. The van der Waals surface area contributed by atoms with Crippen LogP contribution in [0.3, 0.4) is 0 Å². The average molecular weight is 423 g/mol. The summed E-state index contributed by atoms with van der Waals surface area (Å²) in [6.07, 6.45) is 0. The Morgan fingerprint density at radius 1 is 1.26 bits per heavy atom. The van der Waals surface area contributed by atoms with Crippen LogP contribution in [0.15, 0.2) is 46.9 Å². The van der Waals surface area contributed by atoms with Crippen LogP contribution >= 0.6 is 39.9 Å². The largest absolute Gasteiger partial charge is 0.338 e. The van der Waals surface area contributed by atoms with Gasteiger partial charge in [0.25, 0.3) is 0 Å². The van der Waals surface area contributed by atoms with Crippen molar-refractivity contribution in [3.05, 3.63) is 63.3 Å². The summed E-state index contributed by atoms with van der Waals surface area (Å²) in [6, 6.07) is 10.8. The molecule has 124 valence electrons. The third kappa shape index (κ3) is 5.35. The number of carbonyl (C=O) groups is 1. The molecule has 0 fully saturated rings. The molecular formula is C15H15BrCl2FN3O. The molecule has 0 aliphatic carbocycles. The molecule has 0 aromatic heterocycles. The first-order chi connectivity index (χ1) is 10.4. The van der Waals surface area contributed by atoms with Crippen molar-refractivity contribution in [1.29, 1.82) is 0 Å². The molecule has 0 unspecified atom stereocenters. The van der Waals surface area contributed by atoms with Crippen LogP contribution in [0.2, 0.25) is 5.02 Å². The predicted octanol–water partition coefficient (Wildman–Crippen LogP) is 4.60. The van der Waals surface area contributed by atoms with Gasteiger partial charge >= 0.3 is 6.03 Å². The van der Waals surface area contributed by atoms with Gasteiger partial charge in [0.15, 0.2) is 0 Å². The normalized spacial score (nSPS) is 9.96. The number of nitrogens with two attached hydrogens (primary N) is 1. The van der Waals surface area contributed by atoms with Gasteiger partial charge in [-0.2, -0.15) is 0 Å². The van der Waals surface area contributed by atoms with Gasteiger partial charge in [-0.1, -0.05) is 27.5 Å². The molecule has 0 saturated heterocycles. The zero-order valence-electron chi connectivity index (χ0n) is 12.2. The molecule has 2 rings (SSSR count). The standard InChI is InChI=1S/C15H14BrClFN3O.ClH/c1-20(14-4-2-12(17)3-5-14)15(22)21(19)9-10-6-11(16)8-13(18)7-10;/h2-8H,9,19H2,1H3;1H. The Kier molecular flexibility index (Phi) is 7.28. The Labute approximate surface area is 153 Å². The maximum Gasteiger partial charge on any atom is 0.338 e. The van der Waals surface area contributed by atoms with Crippen LogP contribution in [-0.4, -0.2) is 18.1 Å². The second-order valence-electron chi connectivity index (χ2n) is 4.72. The van der Waals surface area contributed by atoms with E-state index in [4.69, 9.17) is 17.4 Å². The number of nitrogens with zero attached hydrogens (tertiary/aromatic N) is 2. The number of urea groups is 1. The van der Waals surface area contributed by atoms with Gasteiger partial charge in [-0.3, -0.25) is 9.91 Å². The molecule has 0 atom stereocenters. The Morgan fingerprint density at radius 3 is 2.43 bits per heavy atom. The summed E-state index contributed by atoms with van der Waals surface area (Å²) in [5, 5.41) is 1.61. The summed E-state index contributed by atoms with van der Waals surface area (Å²) in [4.78, 5) is 13.7. The zero-order chi connectivity index (χ0) is 16.3. The summed E-state index contributed by atoms with van der Waals surface area (Å²) in [7, 11) is 1.60. The van der Waals surface area contributed by atoms with Crippen molar-refractivity contribution in [2.24, 2.45) is 5.84 Å². The lowest BCUT2D eigenvalue weighted by Crippen LogP contribution is -2.45. The first-order valence-electron chi connectivity index (χ1n) is 6.37. The lowest BCUT2D eigenvalue weighted by Gasteiger charge is -2.24.